The number of fused-ring (bicyclic) bond motifs is 1. The van der Waals surface area contributed by atoms with Crippen LogP contribution in [0.15, 0.2) is 30.3 Å². The highest BCUT2D eigenvalue weighted by atomic mass is 35.5. The third kappa shape index (κ3) is 4.58. The lowest BCUT2D eigenvalue weighted by atomic mass is 9.92. The molecule has 5 nitrogen and oxygen atoms in total. The number of rotatable bonds is 4. The second kappa shape index (κ2) is 8.70. The van der Waals surface area contributed by atoms with E-state index in [0.717, 1.165) is 19.2 Å². The predicted molar refractivity (Wildman–Crippen MR) is 98.4 cm³/mol. The molecule has 1 heterocycles. The van der Waals surface area contributed by atoms with Gasteiger partial charge in [-0.1, -0.05) is 17.7 Å². The van der Waals surface area contributed by atoms with Gasteiger partial charge in [-0.3, -0.25) is 4.79 Å². The van der Waals surface area contributed by atoms with Crippen LogP contribution in [0.4, 0.5) is 22.0 Å². The molecule has 0 saturated carbocycles. The third-order valence-corrected chi connectivity index (χ3v) is 5.08. The average Bonchev–Trinajstić information content (AvgIpc) is 2.73. The van der Waals surface area contributed by atoms with E-state index >= 15 is 0 Å². The molecule has 166 valence electrons. The second-order valence-corrected chi connectivity index (χ2v) is 7.05. The fourth-order valence-corrected chi connectivity index (χ4v) is 3.47. The minimum atomic E-state index is -5.15. The maximum absolute atomic E-state index is 14.0. The van der Waals surface area contributed by atoms with Gasteiger partial charge in [-0.25, -0.2) is 13.6 Å². The van der Waals surface area contributed by atoms with Gasteiger partial charge in [-0.2, -0.15) is 13.2 Å². The standard InChI is InChI=1S/C20H15ClF5NO4/c1-30-18(28)17-12-3-2-11(31-9-13-15(22)5-4-14(21)16(13)23)8-10(12)6-7-27(17)19(29)20(24,25)26/h2-5,8,17H,6-7,9H2,1H3/t17-/m1/s1. The fourth-order valence-electron chi connectivity index (χ4n) is 3.30. The summed E-state index contributed by atoms with van der Waals surface area (Å²) in [6.45, 7) is -0.873. The molecular weight excluding hydrogens is 449 g/mol. The number of halogens is 6. The van der Waals surface area contributed by atoms with Crippen molar-refractivity contribution in [2.45, 2.75) is 25.2 Å². The van der Waals surface area contributed by atoms with Crippen LogP contribution in [-0.2, 0) is 27.4 Å². The summed E-state index contributed by atoms with van der Waals surface area (Å²) in [5.74, 6) is -4.84. The summed E-state index contributed by atoms with van der Waals surface area (Å²) < 4.78 is 76.6. The smallest absolute Gasteiger partial charge is 0.471 e. The summed E-state index contributed by atoms with van der Waals surface area (Å²) in [5.41, 5.74) is 0.189. The summed E-state index contributed by atoms with van der Waals surface area (Å²) in [5, 5.41) is -0.277. The lowest BCUT2D eigenvalue weighted by molar-refractivity contribution is -0.190. The molecule has 1 amide bonds. The van der Waals surface area contributed by atoms with Gasteiger partial charge in [-0.05, 0) is 41.8 Å². The average molecular weight is 464 g/mol. The van der Waals surface area contributed by atoms with Gasteiger partial charge in [0.05, 0.1) is 17.7 Å². The zero-order valence-corrected chi connectivity index (χ0v) is 16.7. The SMILES string of the molecule is COC(=O)[C@H]1c2ccc(OCc3c(F)ccc(Cl)c3F)cc2CCN1C(=O)C(F)(F)F. The highest BCUT2D eigenvalue weighted by Gasteiger charge is 2.48. The minimum Gasteiger partial charge on any atom is -0.489 e. The van der Waals surface area contributed by atoms with Gasteiger partial charge in [0.1, 0.15) is 18.2 Å². The molecule has 31 heavy (non-hydrogen) atoms. The monoisotopic (exact) mass is 463 g/mol. The zero-order chi connectivity index (χ0) is 22.9. The van der Waals surface area contributed by atoms with Crippen LogP contribution in [0.2, 0.25) is 5.02 Å². The second-order valence-electron chi connectivity index (χ2n) is 6.64. The van der Waals surface area contributed by atoms with Gasteiger partial charge in [0.15, 0.2) is 11.9 Å². The number of hydrogen-bond acceptors (Lipinski definition) is 4. The molecule has 0 unspecified atom stereocenters. The first-order valence-corrected chi connectivity index (χ1v) is 9.26. The van der Waals surface area contributed by atoms with Gasteiger partial charge in [0.2, 0.25) is 0 Å². The number of methoxy groups -OCH3 is 1. The van der Waals surface area contributed by atoms with Crippen LogP contribution in [-0.4, -0.2) is 36.6 Å². The molecule has 0 spiro atoms. The Balaban J connectivity index is 1.88. The van der Waals surface area contributed by atoms with E-state index in [9.17, 15) is 31.5 Å². The summed E-state index contributed by atoms with van der Waals surface area (Å²) in [6, 6.07) is 4.53. The molecule has 0 fully saturated rings. The number of amides is 1. The van der Waals surface area contributed by atoms with Crippen LogP contribution >= 0.6 is 11.6 Å². The van der Waals surface area contributed by atoms with E-state index in [2.05, 4.69) is 4.74 Å². The van der Waals surface area contributed by atoms with Crippen LogP contribution in [0.1, 0.15) is 22.7 Å². The Hall–Kier alpha value is -2.88. The molecule has 3 rings (SSSR count). The van der Waals surface area contributed by atoms with Gasteiger partial charge in [0.25, 0.3) is 0 Å². The Bertz CT molecular complexity index is 1030. The van der Waals surface area contributed by atoms with Crippen molar-refractivity contribution >= 4 is 23.5 Å². The third-order valence-electron chi connectivity index (χ3n) is 4.79. The molecular formula is C20H15ClF5NO4. The zero-order valence-electron chi connectivity index (χ0n) is 15.9. The molecule has 1 atom stereocenters. The summed E-state index contributed by atoms with van der Waals surface area (Å²) in [6.07, 6.45) is -5.15. The van der Waals surface area contributed by atoms with E-state index in [1.807, 2.05) is 0 Å². The molecule has 2 aromatic carbocycles. The van der Waals surface area contributed by atoms with Crippen LogP contribution in [0.25, 0.3) is 0 Å². The first kappa shape index (κ1) is 22.8. The van der Waals surface area contributed by atoms with Gasteiger partial charge in [-0.15, -0.1) is 0 Å². The van der Waals surface area contributed by atoms with E-state index in [1.54, 1.807) is 0 Å². The fraction of sp³-hybridized carbons (Fsp3) is 0.300. The molecule has 2 aromatic rings. The summed E-state index contributed by atoms with van der Waals surface area (Å²) in [4.78, 5) is 24.3. The number of esters is 1. The summed E-state index contributed by atoms with van der Waals surface area (Å²) in [7, 11) is 0.998. The lowest BCUT2D eigenvalue weighted by Crippen LogP contribution is -2.49. The molecule has 0 saturated heterocycles. The van der Waals surface area contributed by atoms with Crippen LogP contribution in [0, 0.1) is 11.6 Å². The normalized spacial score (nSPS) is 16.0. The number of carbonyl (C=O) groups excluding carboxylic acids is 2. The molecule has 0 aliphatic carbocycles. The van der Waals surface area contributed by atoms with Gasteiger partial charge >= 0.3 is 18.1 Å². The quantitative estimate of drug-likeness (QED) is 0.384. The van der Waals surface area contributed by atoms with Crippen molar-refractivity contribution in [2.24, 2.45) is 0 Å². The maximum atomic E-state index is 14.0. The summed E-state index contributed by atoms with van der Waals surface area (Å²) >= 11 is 5.64. The molecule has 1 aliphatic heterocycles. The highest BCUT2D eigenvalue weighted by molar-refractivity contribution is 6.30. The Morgan fingerprint density at radius 2 is 1.90 bits per heavy atom. The van der Waals surface area contributed by atoms with E-state index < -0.39 is 42.3 Å². The van der Waals surface area contributed by atoms with Gasteiger partial charge in [0, 0.05) is 6.54 Å². The van der Waals surface area contributed by atoms with Gasteiger partial charge < -0.3 is 14.4 Å². The van der Waals surface area contributed by atoms with Crippen molar-refractivity contribution in [3.05, 3.63) is 63.7 Å². The number of nitrogens with zero attached hydrogens (tertiary/aromatic N) is 1. The van der Waals surface area contributed by atoms with E-state index in [4.69, 9.17) is 16.3 Å². The van der Waals surface area contributed by atoms with Crippen molar-refractivity contribution < 1.29 is 41.0 Å². The Morgan fingerprint density at radius 1 is 1.19 bits per heavy atom. The topological polar surface area (TPSA) is 55.8 Å². The molecule has 11 heteroatoms. The number of carbonyl (C=O) groups is 2. The van der Waals surface area contributed by atoms with Crippen LogP contribution in [0.3, 0.4) is 0 Å². The Labute approximate surface area is 178 Å². The maximum Gasteiger partial charge on any atom is 0.471 e. The number of hydrogen-bond donors (Lipinski definition) is 0. The predicted octanol–water partition coefficient (Wildman–Crippen LogP) is 4.36. The Morgan fingerprint density at radius 3 is 2.55 bits per heavy atom. The first-order chi connectivity index (χ1) is 14.5. The molecule has 0 N–H and O–H groups in total. The number of ether oxygens (including phenoxy) is 2. The lowest BCUT2D eigenvalue weighted by Gasteiger charge is -2.35. The van der Waals surface area contributed by atoms with Crippen molar-refractivity contribution in [3.63, 3.8) is 0 Å². The molecule has 0 radical (unpaired) electrons. The van der Waals surface area contributed by atoms with Crippen molar-refractivity contribution in [2.75, 3.05) is 13.7 Å². The van der Waals surface area contributed by atoms with Crippen LogP contribution < -0.4 is 4.74 Å². The highest BCUT2D eigenvalue weighted by Crippen LogP contribution is 2.36. The van der Waals surface area contributed by atoms with E-state index in [1.165, 1.54) is 18.2 Å². The van der Waals surface area contributed by atoms with E-state index in [0.29, 0.717) is 10.5 Å². The van der Waals surface area contributed by atoms with Crippen molar-refractivity contribution in [1.29, 1.82) is 0 Å². The molecule has 1 aliphatic rings. The van der Waals surface area contributed by atoms with E-state index in [-0.39, 0.29) is 34.9 Å². The van der Waals surface area contributed by atoms with Crippen molar-refractivity contribution in [3.8, 4) is 5.75 Å². The largest absolute Gasteiger partial charge is 0.489 e. The first-order valence-electron chi connectivity index (χ1n) is 8.88. The number of benzene rings is 2. The minimum absolute atomic E-state index is 0.00172. The molecule has 0 aromatic heterocycles. The number of alkyl halides is 3. The Kier molecular flexibility index (Phi) is 6.40. The van der Waals surface area contributed by atoms with Crippen molar-refractivity contribution in [1.82, 2.24) is 4.90 Å². The van der Waals surface area contributed by atoms with Crippen LogP contribution in [0.5, 0.6) is 5.75 Å². The molecule has 0 bridgehead atoms.